The normalized spacial score (nSPS) is 11.5. The smallest absolute Gasteiger partial charge is 0.358 e. The van der Waals surface area contributed by atoms with Crippen LogP contribution in [0.4, 0.5) is 10.2 Å². The minimum atomic E-state index is -0.798. The van der Waals surface area contributed by atoms with Crippen LogP contribution in [0.25, 0.3) is 11.4 Å². The molecule has 0 aliphatic rings. The van der Waals surface area contributed by atoms with E-state index in [9.17, 15) is 9.18 Å². The van der Waals surface area contributed by atoms with Crippen molar-refractivity contribution in [3.8, 4) is 17.1 Å². The van der Waals surface area contributed by atoms with Gasteiger partial charge < -0.3 is 14.8 Å². The predicted octanol–water partition coefficient (Wildman–Crippen LogP) is 5.72. The maximum Gasteiger partial charge on any atom is 0.358 e. The summed E-state index contributed by atoms with van der Waals surface area (Å²) in [6, 6.07) is 11.8. The number of nitrogens with one attached hydrogen (secondary N) is 1. The van der Waals surface area contributed by atoms with E-state index in [4.69, 9.17) is 32.7 Å². The largest absolute Gasteiger partial charge is 0.492 e. The number of anilines is 1. The molecule has 6 nitrogen and oxygen atoms in total. The molecule has 1 N–H and O–H groups in total. The summed E-state index contributed by atoms with van der Waals surface area (Å²) in [5.74, 6) is -1.74. The number of nitrogens with zero attached hydrogens (tertiary/aromatic N) is 2. The highest BCUT2D eigenvalue weighted by molar-refractivity contribution is 6.35. The third kappa shape index (κ3) is 4.62. The Morgan fingerprint density at radius 2 is 1.87 bits per heavy atom. The Bertz CT molecular complexity index is 1130. The molecule has 0 saturated heterocycles. The topological polar surface area (TPSA) is 73.3 Å². The molecule has 1 aromatic heterocycles. The fourth-order valence-corrected chi connectivity index (χ4v) is 3.31. The molecule has 0 radical (unpaired) electrons. The van der Waals surface area contributed by atoms with Crippen molar-refractivity contribution in [3.63, 3.8) is 0 Å². The van der Waals surface area contributed by atoms with Crippen LogP contribution in [0.5, 0.6) is 5.75 Å². The van der Waals surface area contributed by atoms with Crippen LogP contribution in [0.3, 0.4) is 0 Å². The Kier molecular flexibility index (Phi) is 7.09. The number of carbonyl (C=O) groups is 1. The van der Waals surface area contributed by atoms with Gasteiger partial charge in [0.1, 0.15) is 5.02 Å². The van der Waals surface area contributed by atoms with E-state index in [0.717, 1.165) is 5.56 Å². The third-order valence-corrected chi connectivity index (χ3v) is 5.07. The van der Waals surface area contributed by atoms with Crippen molar-refractivity contribution >= 4 is 35.0 Å². The highest BCUT2D eigenvalue weighted by Crippen LogP contribution is 2.36. The second-order valence-electron chi connectivity index (χ2n) is 6.26. The van der Waals surface area contributed by atoms with E-state index in [-0.39, 0.29) is 38.7 Å². The average Bonchev–Trinajstić information content (AvgIpc) is 2.79. The Morgan fingerprint density at radius 3 is 2.48 bits per heavy atom. The Morgan fingerprint density at radius 1 is 1.16 bits per heavy atom. The van der Waals surface area contributed by atoms with Gasteiger partial charge in [-0.05, 0) is 17.7 Å². The number of benzene rings is 2. The van der Waals surface area contributed by atoms with Crippen molar-refractivity contribution < 1.29 is 18.7 Å². The summed E-state index contributed by atoms with van der Waals surface area (Å²) in [4.78, 5) is 20.7. The second kappa shape index (κ2) is 9.76. The number of carbonyl (C=O) groups excluding carboxylic acids is 1. The zero-order valence-electron chi connectivity index (χ0n) is 16.7. The van der Waals surface area contributed by atoms with E-state index < -0.39 is 17.8 Å². The monoisotopic (exact) mass is 461 g/mol. The predicted molar refractivity (Wildman–Crippen MR) is 118 cm³/mol. The molecular weight excluding hydrogens is 444 g/mol. The van der Waals surface area contributed by atoms with Gasteiger partial charge in [-0.1, -0.05) is 59.6 Å². The fraction of sp³-hybridized carbons (Fsp3) is 0.136. The molecule has 31 heavy (non-hydrogen) atoms. The van der Waals surface area contributed by atoms with Gasteiger partial charge >= 0.3 is 5.97 Å². The minimum Gasteiger partial charge on any atom is -0.492 e. The first kappa shape index (κ1) is 22.5. The quantitative estimate of drug-likeness (QED) is 0.358. The Hall–Kier alpha value is -3.16. The van der Waals surface area contributed by atoms with Gasteiger partial charge in [0.15, 0.2) is 28.9 Å². The lowest BCUT2D eigenvalue weighted by atomic mass is 10.1. The van der Waals surface area contributed by atoms with Gasteiger partial charge in [0.25, 0.3) is 0 Å². The first-order chi connectivity index (χ1) is 14.9. The maximum atomic E-state index is 15.0. The molecule has 0 aliphatic heterocycles. The van der Waals surface area contributed by atoms with E-state index in [2.05, 4.69) is 21.9 Å². The van der Waals surface area contributed by atoms with E-state index in [1.165, 1.54) is 26.4 Å². The first-order valence-corrected chi connectivity index (χ1v) is 9.79. The number of ether oxygens (including phenoxy) is 2. The van der Waals surface area contributed by atoms with Crippen molar-refractivity contribution in [2.24, 2.45) is 0 Å². The molecule has 1 unspecified atom stereocenters. The molecule has 0 saturated carbocycles. The molecular formula is C22H18Cl2FN3O3. The van der Waals surface area contributed by atoms with E-state index in [1.807, 2.05) is 30.3 Å². The van der Waals surface area contributed by atoms with Crippen molar-refractivity contribution in [2.75, 3.05) is 19.5 Å². The van der Waals surface area contributed by atoms with Gasteiger partial charge in [-0.2, -0.15) is 0 Å². The molecule has 2 aromatic carbocycles. The molecule has 160 valence electrons. The molecule has 0 spiro atoms. The summed E-state index contributed by atoms with van der Waals surface area (Å²) >= 11 is 12.4. The molecule has 9 heteroatoms. The summed E-state index contributed by atoms with van der Waals surface area (Å²) in [7, 11) is 2.48. The summed E-state index contributed by atoms with van der Waals surface area (Å²) in [6.45, 7) is 3.83. The second-order valence-corrected chi connectivity index (χ2v) is 7.05. The van der Waals surface area contributed by atoms with Gasteiger partial charge in [0, 0.05) is 0 Å². The lowest BCUT2D eigenvalue weighted by Crippen LogP contribution is -2.14. The highest BCUT2D eigenvalue weighted by Gasteiger charge is 2.24. The van der Waals surface area contributed by atoms with Crippen molar-refractivity contribution in [1.82, 2.24) is 9.97 Å². The number of aromatic nitrogens is 2. The number of hydrogen-bond acceptors (Lipinski definition) is 6. The van der Waals surface area contributed by atoms with Gasteiger partial charge in [0.2, 0.25) is 0 Å². The maximum absolute atomic E-state index is 15.0. The van der Waals surface area contributed by atoms with E-state index in [1.54, 1.807) is 6.08 Å². The number of hydrogen-bond donors (Lipinski definition) is 1. The summed E-state index contributed by atoms with van der Waals surface area (Å²) in [6.07, 6.45) is 1.65. The summed E-state index contributed by atoms with van der Waals surface area (Å²) in [5.41, 5.74) is 0.634. The number of methoxy groups -OCH3 is 2. The number of esters is 1. The number of halogens is 3. The van der Waals surface area contributed by atoms with Gasteiger partial charge in [-0.15, -0.1) is 6.58 Å². The zero-order chi connectivity index (χ0) is 22.5. The third-order valence-electron chi connectivity index (χ3n) is 4.41. The van der Waals surface area contributed by atoms with Crippen molar-refractivity contribution in [2.45, 2.75) is 6.04 Å². The van der Waals surface area contributed by atoms with Crippen LogP contribution in [0.2, 0.25) is 10.0 Å². The highest BCUT2D eigenvalue weighted by atomic mass is 35.5. The van der Waals surface area contributed by atoms with Crippen LogP contribution in [0.1, 0.15) is 22.1 Å². The van der Waals surface area contributed by atoms with Crippen LogP contribution in [0, 0.1) is 5.82 Å². The summed E-state index contributed by atoms with van der Waals surface area (Å²) in [5, 5.41) is 3.13. The van der Waals surface area contributed by atoms with Crippen molar-refractivity contribution in [1.29, 1.82) is 0 Å². The molecule has 0 amide bonds. The molecule has 3 aromatic rings. The van der Waals surface area contributed by atoms with Crippen LogP contribution in [-0.4, -0.2) is 30.2 Å². The molecule has 1 atom stereocenters. The molecule has 0 bridgehead atoms. The SMILES string of the molecule is C=CC(Nc1nc(-c2ccc(Cl)c(OC)c2F)nc(C(=O)OC)c1Cl)c1ccccc1. The van der Waals surface area contributed by atoms with Gasteiger partial charge in [-0.3, -0.25) is 0 Å². The molecule has 3 rings (SSSR count). The minimum absolute atomic E-state index is 0.0269. The Balaban J connectivity index is 2.16. The van der Waals surface area contributed by atoms with Crippen LogP contribution < -0.4 is 10.1 Å². The average molecular weight is 462 g/mol. The number of rotatable bonds is 7. The van der Waals surface area contributed by atoms with Gasteiger partial charge in [0.05, 0.1) is 30.8 Å². The molecule has 0 fully saturated rings. The van der Waals surface area contributed by atoms with Crippen LogP contribution in [0.15, 0.2) is 55.1 Å². The Labute approximate surface area is 188 Å². The van der Waals surface area contributed by atoms with Gasteiger partial charge in [-0.25, -0.2) is 19.2 Å². The molecule has 1 heterocycles. The fourth-order valence-electron chi connectivity index (χ4n) is 2.87. The van der Waals surface area contributed by atoms with Crippen molar-refractivity contribution in [3.05, 3.63) is 82.2 Å². The standard InChI is InChI=1S/C22H18Cl2FN3O3/c1-4-15(12-8-6-5-7-9-12)26-21-16(24)18(22(29)31-3)27-20(28-21)13-10-11-14(23)19(30-2)17(13)25/h4-11,15H,1H2,2-3H3,(H,26,27,28). The van der Waals surface area contributed by atoms with Crippen LogP contribution in [-0.2, 0) is 4.74 Å². The zero-order valence-corrected chi connectivity index (χ0v) is 18.2. The lowest BCUT2D eigenvalue weighted by Gasteiger charge is -2.18. The first-order valence-electron chi connectivity index (χ1n) is 9.03. The van der Waals surface area contributed by atoms with E-state index >= 15 is 0 Å². The lowest BCUT2D eigenvalue weighted by molar-refractivity contribution is 0.0594. The van der Waals surface area contributed by atoms with E-state index in [0.29, 0.717) is 0 Å². The molecule has 0 aliphatic carbocycles. The summed E-state index contributed by atoms with van der Waals surface area (Å²) < 4.78 is 24.8. The van der Waals surface area contributed by atoms with Crippen LogP contribution >= 0.6 is 23.2 Å².